The van der Waals surface area contributed by atoms with E-state index < -0.39 is 35.6 Å². The molecule has 0 aromatic rings. The summed E-state index contributed by atoms with van der Waals surface area (Å²) >= 11 is 5.58. The van der Waals surface area contributed by atoms with Crippen molar-refractivity contribution in [3.05, 3.63) is 0 Å². The lowest BCUT2D eigenvalue weighted by Gasteiger charge is -2.21. The van der Waals surface area contributed by atoms with Crippen LogP contribution < -0.4 is 5.32 Å². The van der Waals surface area contributed by atoms with E-state index in [2.05, 4.69) is 5.32 Å². The topological polar surface area (TPSA) is 104 Å². The highest BCUT2D eigenvalue weighted by molar-refractivity contribution is 6.19. The van der Waals surface area contributed by atoms with E-state index >= 15 is 0 Å². The molecule has 0 heterocycles. The van der Waals surface area contributed by atoms with E-state index in [4.69, 9.17) is 21.8 Å². The van der Waals surface area contributed by atoms with E-state index in [1.54, 1.807) is 13.8 Å². The highest BCUT2D eigenvalue weighted by Gasteiger charge is 2.28. The first-order valence-electron chi connectivity index (χ1n) is 4.99. The van der Waals surface area contributed by atoms with Gasteiger partial charge in [-0.25, -0.2) is 0 Å². The molecule has 0 fully saturated rings. The predicted octanol–water partition coefficient (Wildman–Crippen LogP) is 0.543. The number of nitrogens with one attached hydrogen (secondary N) is 1. The third-order valence-electron chi connectivity index (χ3n) is 2.23. The van der Waals surface area contributed by atoms with Crippen LogP contribution in [0.5, 0.6) is 0 Å². The molecule has 0 aliphatic heterocycles. The van der Waals surface area contributed by atoms with Crippen molar-refractivity contribution in [1.29, 1.82) is 0 Å². The molecular weight excluding hydrogens is 250 g/mol. The summed E-state index contributed by atoms with van der Waals surface area (Å²) in [5.41, 5.74) is -0.812. The number of halogens is 1. The Kier molecular flexibility index (Phi) is 5.95. The van der Waals surface area contributed by atoms with Crippen LogP contribution in [0, 0.1) is 11.3 Å². The molecule has 0 aliphatic rings. The molecule has 0 rings (SSSR count). The van der Waals surface area contributed by atoms with E-state index in [9.17, 15) is 14.4 Å². The normalized spacial score (nSPS) is 12.9. The van der Waals surface area contributed by atoms with Gasteiger partial charge in [0.1, 0.15) is 0 Å². The number of carbonyl (C=O) groups is 3. The number of amides is 1. The van der Waals surface area contributed by atoms with E-state index in [0.29, 0.717) is 0 Å². The fraction of sp³-hybridized carbons (Fsp3) is 0.700. The van der Waals surface area contributed by atoms with Crippen molar-refractivity contribution in [2.75, 3.05) is 12.4 Å². The first-order chi connectivity index (χ1) is 7.70. The molecule has 98 valence electrons. The van der Waals surface area contributed by atoms with E-state index in [1.165, 1.54) is 0 Å². The molecule has 0 aliphatic carbocycles. The molecule has 0 bridgehead atoms. The Morgan fingerprint density at radius 2 is 1.82 bits per heavy atom. The summed E-state index contributed by atoms with van der Waals surface area (Å²) in [5.74, 6) is -3.92. The van der Waals surface area contributed by atoms with Gasteiger partial charge in [0, 0.05) is 12.4 Å². The molecule has 0 saturated carbocycles. The van der Waals surface area contributed by atoms with E-state index in [-0.39, 0.29) is 12.4 Å². The lowest BCUT2D eigenvalue weighted by atomic mass is 9.94. The van der Waals surface area contributed by atoms with Crippen molar-refractivity contribution in [2.24, 2.45) is 11.3 Å². The molecule has 0 aromatic heterocycles. The fourth-order valence-electron chi connectivity index (χ4n) is 0.973. The third-order valence-corrected chi connectivity index (χ3v) is 2.90. The Hall–Kier alpha value is -1.30. The van der Waals surface area contributed by atoms with Gasteiger partial charge in [0.05, 0.1) is 17.8 Å². The number of rotatable bonds is 7. The molecule has 1 atom stereocenters. The van der Waals surface area contributed by atoms with Crippen LogP contribution in [-0.4, -0.2) is 40.5 Å². The summed E-state index contributed by atoms with van der Waals surface area (Å²) in [6.45, 7) is 3.01. The van der Waals surface area contributed by atoms with Crippen LogP contribution in [0.25, 0.3) is 0 Å². The first kappa shape index (κ1) is 15.7. The zero-order valence-electron chi connectivity index (χ0n) is 9.70. The number of carboxylic acids is 2. The van der Waals surface area contributed by atoms with Crippen LogP contribution in [0.2, 0.25) is 0 Å². The lowest BCUT2D eigenvalue weighted by molar-refractivity contribution is -0.148. The Labute approximate surface area is 104 Å². The molecule has 1 amide bonds. The van der Waals surface area contributed by atoms with Crippen LogP contribution in [-0.2, 0) is 14.4 Å². The molecule has 3 N–H and O–H groups in total. The second-order valence-corrected chi connectivity index (χ2v) is 4.63. The molecule has 17 heavy (non-hydrogen) atoms. The maximum atomic E-state index is 11.6. The van der Waals surface area contributed by atoms with Crippen molar-refractivity contribution < 1.29 is 24.6 Å². The van der Waals surface area contributed by atoms with Gasteiger partial charge < -0.3 is 15.5 Å². The summed E-state index contributed by atoms with van der Waals surface area (Å²) in [4.78, 5) is 32.7. The third kappa shape index (κ3) is 5.53. The summed E-state index contributed by atoms with van der Waals surface area (Å²) in [6, 6.07) is 0. The predicted molar refractivity (Wildman–Crippen MR) is 60.9 cm³/mol. The van der Waals surface area contributed by atoms with Gasteiger partial charge in [-0.05, 0) is 13.8 Å². The summed E-state index contributed by atoms with van der Waals surface area (Å²) in [6.07, 6.45) is -0.531. The number of alkyl halides is 1. The van der Waals surface area contributed by atoms with Gasteiger partial charge in [-0.1, -0.05) is 0 Å². The molecule has 1 unspecified atom stereocenters. The van der Waals surface area contributed by atoms with Gasteiger partial charge >= 0.3 is 11.9 Å². The average molecular weight is 266 g/mol. The maximum absolute atomic E-state index is 11.6. The molecule has 6 nitrogen and oxygen atoms in total. The standard InChI is InChI=1S/C10H16ClNO5/c1-10(2,5-11)9(17)12-4-6(8(15)16)3-7(13)14/h6H,3-5H2,1-2H3,(H,12,17)(H,13,14)(H,15,16). The Bertz CT molecular complexity index is 316. The van der Waals surface area contributed by atoms with Gasteiger partial charge in [0.2, 0.25) is 5.91 Å². The van der Waals surface area contributed by atoms with Crippen molar-refractivity contribution in [3.63, 3.8) is 0 Å². The number of carbonyl (C=O) groups excluding carboxylic acids is 1. The number of carboxylic acid groups (broad SMARTS) is 2. The van der Waals surface area contributed by atoms with Gasteiger partial charge in [-0.15, -0.1) is 11.6 Å². The summed E-state index contributed by atoms with van der Waals surface area (Å²) < 4.78 is 0. The molecule has 0 saturated heterocycles. The van der Waals surface area contributed by atoms with Gasteiger partial charge in [-0.2, -0.15) is 0 Å². The van der Waals surface area contributed by atoms with E-state index in [1.807, 2.05) is 0 Å². The largest absolute Gasteiger partial charge is 0.481 e. The smallest absolute Gasteiger partial charge is 0.308 e. The van der Waals surface area contributed by atoms with Crippen molar-refractivity contribution in [3.8, 4) is 0 Å². The number of hydrogen-bond donors (Lipinski definition) is 3. The Balaban J connectivity index is 4.37. The minimum Gasteiger partial charge on any atom is -0.481 e. The van der Waals surface area contributed by atoms with Crippen LogP contribution >= 0.6 is 11.6 Å². The fourth-order valence-corrected chi connectivity index (χ4v) is 1.09. The van der Waals surface area contributed by atoms with Crippen LogP contribution in [0.3, 0.4) is 0 Å². The SMILES string of the molecule is CC(C)(CCl)C(=O)NCC(CC(=O)O)C(=O)O. The highest BCUT2D eigenvalue weighted by Crippen LogP contribution is 2.17. The molecule has 0 spiro atoms. The average Bonchev–Trinajstić information content (AvgIpc) is 2.22. The van der Waals surface area contributed by atoms with Gasteiger partial charge in [-0.3, -0.25) is 14.4 Å². The minimum absolute atomic E-state index is 0.0928. The van der Waals surface area contributed by atoms with E-state index in [0.717, 1.165) is 0 Å². The molecular formula is C10H16ClNO5. The molecule has 7 heteroatoms. The van der Waals surface area contributed by atoms with Crippen LogP contribution in [0.15, 0.2) is 0 Å². The zero-order valence-corrected chi connectivity index (χ0v) is 10.5. The van der Waals surface area contributed by atoms with Crippen molar-refractivity contribution in [1.82, 2.24) is 5.32 Å². The first-order valence-corrected chi connectivity index (χ1v) is 5.53. The monoisotopic (exact) mass is 265 g/mol. The van der Waals surface area contributed by atoms with Crippen molar-refractivity contribution >= 4 is 29.4 Å². The second kappa shape index (κ2) is 6.44. The van der Waals surface area contributed by atoms with Gasteiger partial charge in [0.15, 0.2) is 0 Å². The van der Waals surface area contributed by atoms with Crippen molar-refractivity contribution in [2.45, 2.75) is 20.3 Å². The molecule has 0 aromatic carbocycles. The summed E-state index contributed by atoms with van der Waals surface area (Å²) in [5, 5.41) is 19.7. The maximum Gasteiger partial charge on any atom is 0.308 e. The quantitative estimate of drug-likeness (QED) is 0.583. The zero-order chi connectivity index (χ0) is 13.6. The number of aliphatic carboxylic acids is 2. The van der Waals surface area contributed by atoms with Crippen LogP contribution in [0.1, 0.15) is 20.3 Å². The van der Waals surface area contributed by atoms with Gasteiger partial charge in [0.25, 0.3) is 0 Å². The Morgan fingerprint density at radius 1 is 1.29 bits per heavy atom. The minimum atomic E-state index is -1.25. The Morgan fingerprint density at radius 3 is 2.18 bits per heavy atom. The molecule has 0 radical (unpaired) electrons. The van der Waals surface area contributed by atoms with Crippen LogP contribution in [0.4, 0.5) is 0 Å². The second-order valence-electron chi connectivity index (χ2n) is 4.36. The lowest BCUT2D eigenvalue weighted by Crippen LogP contribution is -2.42. The highest BCUT2D eigenvalue weighted by atomic mass is 35.5. The summed E-state index contributed by atoms with van der Waals surface area (Å²) in [7, 11) is 0. The number of hydrogen-bond acceptors (Lipinski definition) is 3.